The zero-order chi connectivity index (χ0) is 9.14. The van der Waals surface area contributed by atoms with Crippen molar-refractivity contribution in [3.05, 3.63) is 32.4 Å². The van der Waals surface area contributed by atoms with Gasteiger partial charge in [0.2, 0.25) is 0 Å². The summed E-state index contributed by atoms with van der Waals surface area (Å²) in [6.07, 6.45) is 1.23. The van der Waals surface area contributed by atoms with E-state index in [4.69, 9.17) is 23.2 Å². The first-order valence-electron chi connectivity index (χ1n) is 2.81. The molecule has 0 unspecified atom stereocenters. The number of nitrogens with zero attached hydrogens (tertiary/aromatic N) is 2. The van der Waals surface area contributed by atoms with Gasteiger partial charge in [-0.25, -0.2) is 15.1 Å². The summed E-state index contributed by atoms with van der Waals surface area (Å²) in [5.74, 6) is 0.0504. The SMILES string of the molecule is O=[N+]([O-])Nc1cc(Cl)c(Cl)cn1. The van der Waals surface area contributed by atoms with Crippen molar-refractivity contribution < 1.29 is 5.03 Å². The Kier molecular flexibility index (Phi) is 2.67. The fourth-order valence-electron chi connectivity index (χ4n) is 0.569. The number of hydrogen-bond donors (Lipinski definition) is 1. The van der Waals surface area contributed by atoms with E-state index in [2.05, 4.69) is 4.98 Å². The second kappa shape index (κ2) is 3.55. The lowest BCUT2D eigenvalue weighted by Crippen LogP contribution is -2.08. The minimum Gasteiger partial charge on any atom is -0.234 e. The van der Waals surface area contributed by atoms with Crippen molar-refractivity contribution in [1.29, 1.82) is 0 Å². The Morgan fingerprint density at radius 1 is 1.50 bits per heavy atom. The van der Waals surface area contributed by atoms with Gasteiger partial charge in [-0.15, -0.1) is 0 Å². The highest BCUT2D eigenvalue weighted by Crippen LogP contribution is 2.22. The normalized spacial score (nSPS) is 9.50. The summed E-state index contributed by atoms with van der Waals surface area (Å²) in [6, 6.07) is 1.27. The number of nitrogens with one attached hydrogen (secondary N) is 1. The molecule has 1 N–H and O–H groups in total. The average Bonchev–Trinajstić information content (AvgIpc) is 1.96. The fraction of sp³-hybridized carbons (Fsp3) is 0. The highest BCUT2D eigenvalue weighted by Gasteiger charge is 2.03. The molecule has 0 aliphatic heterocycles. The largest absolute Gasteiger partial charge is 0.234 e. The monoisotopic (exact) mass is 207 g/mol. The van der Waals surface area contributed by atoms with Gasteiger partial charge in [0.15, 0.2) is 10.9 Å². The lowest BCUT2D eigenvalue weighted by atomic mass is 10.5. The summed E-state index contributed by atoms with van der Waals surface area (Å²) in [7, 11) is 0. The molecule has 0 saturated carbocycles. The molecule has 0 aliphatic rings. The predicted molar refractivity (Wildman–Crippen MR) is 44.9 cm³/mol. The molecule has 0 fully saturated rings. The molecule has 0 amide bonds. The highest BCUT2D eigenvalue weighted by molar-refractivity contribution is 6.42. The average molecular weight is 208 g/mol. The van der Waals surface area contributed by atoms with E-state index in [1.807, 2.05) is 5.43 Å². The smallest absolute Gasteiger partial charge is 0.192 e. The van der Waals surface area contributed by atoms with Gasteiger partial charge in [0.05, 0.1) is 10.0 Å². The fourth-order valence-corrected chi connectivity index (χ4v) is 0.824. The van der Waals surface area contributed by atoms with Gasteiger partial charge in [-0.05, 0) is 0 Å². The third-order valence-electron chi connectivity index (χ3n) is 1.01. The molecule has 1 heterocycles. The maximum atomic E-state index is 9.94. The molecule has 0 saturated heterocycles. The Morgan fingerprint density at radius 2 is 2.17 bits per heavy atom. The summed E-state index contributed by atoms with van der Waals surface area (Å²) in [5.41, 5.74) is 1.84. The second-order valence-corrected chi connectivity index (χ2v) is 2.67. The lowest BCUT2D eigenvalue weighted by molar-refractivity contribution is -0.445. The number of aromatic nitrogens is 1. The lowest BCUT2D eigenvalue weighted by Gasteiger charge is -1.97. The molecule has 12 heavy (non-hydrogen) atoms. The number of halogens is 2. The van der Waals surface area contributed by atoms with Crippen molar-refractivity contribution >= 4 is 29.0 Å². The van der Waals surface area contributed by atoms with Gasteiger partial charge < -0.3 is 0 Å². The predicted octanol–water partition coefficient (Wildman–Crippen LogP) is 1.99. The molecule has 64 valence electrons. The number of hydrazine groups is 1. The molecular formula is C5H3Cl2N3O2. The van der Waals surface area contributed by atoms with Crippen molar-refractivity contribution in [2.24, 2.45) is 0 Å². The summed E-state index contributed by atoms with van der Waals surface area (Å²) < 4.78 is 0. The van der Waals surface area contributed by atoms with Crippen LogP contribution < -0.4 is 5.43 Å². The van der Waals surface area contributed by atoms with E-state index in [9.17, 15) is 10.1 Å². The van der Waals surface area contributed by atoms with Crippen LogP contribution in [-0.4, -0.2) is 10.0 Å². The van der Waals surface area contributed by atoms with Gasteiger partial charge in [-0.2, -0.15) is 0 Å². The molecule has 0 spiro atoms. The molecule has 1 aromatic rings. The van der Waals surface area contributed by atoms with E-state index in [1.54, 1.807) is 0 Å². The Bertz CT molecular complexity index is 318. The summed E-state index contributed by atoms with van der Waals surface area (Å²) in [5, 5.41) is 9.69. The van der Waals surface area contributed by atoms with Crippen LogP contribution in [0.4, 0.5) is 5.82 Å². The van der Waals surface area contributed by atoms with Gasteiger partial charge in [0.25, 0.3) is 0 Å². The van der Waals surface area contributed by atoms with Gasteiger partial charge >= 0.3 is 0 Å². The topological polar surface area (TPSA) is 68.1 Å². The van der Waals surface area contributed by atoms with Crippen LogP contribution in [0.25, 0.3) is 0 Å². The number of rotatable bonds is 2. The Morgan fingerprint density at radius 3 is 2.67 bits per heavy atom. The summed E-state index contributed by atoms with van der Waals surface area (Å²) in [4.78, 5) is 13.6. The molecule has 5 nitrogen and oxygen atoms in total. The second-order valence-electron chi connectivity index (χ2n) is 1.85. The van der Waals surface area contributed by atoms with Crippen molar-refractivity contribution in [1.82, 2.24) is 4.98 Å². The van der Waals surface area contributed by atoms with Crippen molar-refractivity contribution in [3.63, 3.8) is 0 Å². The third-order valence-corrected chi connectivity index (χ3v) is 1.73. The molecule has 1 rings (SSSR count). The first-order valence-corrected chi connectivity index (χ1v) is 3.57. The number of nitro groups is 1. The van der Waals surface area contributed by atoms with E-state index < -0.39 is 5.03 Å². The van der Waals surface area contributed by atoms with Crippen LogP contribution in [-0.2, 0) is 0 Å². The van der Waals surface area contributed by atoms with Crippen molar-refractivity contribution in [3.8, 4) is 0 Å². The minimum absolute atomic E-state index is 0.0504. The van der Waals surface area contributed by atoms with Crippen LogP contribution in [0, 0.1) is 10.1 Å². The maximum absolute atomic E-state index is 9.94. The number of hydrogen-bond acceptors (Lipinski definition) is 3. The van der Waals surface area contributed by atoms with E-state index in [0.717, 1.165) is 0 Å². The summed E-state index contributed by atoms with van der Waals surface area (Å²) in [6.45, 7) is 0. The summed E-state index contributed by atoms with van der Waals surface area (Å²) >= 11 is 11.1. The zero-order valence-corrected chi connectivity index (χ0v) is 7.13. The first kappa shape index (κ1) is 9.02. The molecule has 0 atom stereocenters. The van der Waals surface area contributed by atoms with Crippen molar-refractivity contribution in [2.75, 3.05) is 5.43 Å². The molecule has 7 heteroatoms. The Hall–Kier alpha value is -1.07. The molecule has 1 aromatic heterocycles. The molecule has 0 aromatic carbocycles. The van der Waals surface area contributed by atoms with Crippen LogP contribution in [0.2, 0.25) is 10.0 Å². The molecule has 0 radical (unpaired) electrons. The Balaban J connectivity index is 2.89. The van der Waals surface area contributed by atoms with E-state index in [0.29, 0.717) is 0 Å². The highest BCUT2D eigenvalue weighted by atomic mass is 35.5. The number of anilines is 1. The van der Waals surface area contributed by atoms with Gasteiger partial charge in [-0.3, -0.25) is 0 Å². The quantitative estimate of drug-likeness (QED) is 0.595. The molecule has 0 bridgehead atoms. The van der Waals surface area contributed by atoms with Crippen LogP contribution in [0.5, 0.6) is 0 Å². The molecule has 0 aliphatic carbocycles. The standard InChI is InChI=1S/C5H3Cl2N3O2/c6-3-1-5(9-10(11)12)8-2-4(3)7/h1-2H,(H,8,9). The van der Waals surface area contributed by atoms with Gasteiger partial charge in [0, 0.05) is 12.3 Å². The van der Waals surface area contributed by atoms with E-state index >= 15 is 0 Å². The van der Waals surface area contributed by atoms with Crippen LogP contribution in [0.3, 0.4) is 0 Å². The maximum Gasteiger partial charge on any atom is 0.192 e. The van der Waals surface area contributed by atoms with Crippen LogP contribution in [0.1, 0.15) is 0 Å². The minimum atomic E-state index is -0.730. The number of pyridine rings is 1. The van der Waals surface area contributed by atoms with Gasteiger partial charge in [0.1, 0.15) is 0 Å². The molecular weight excluding hydrogens is 205 g/mol. The first-order chi connectivity index (χ1) is 5.59. The zero-order valence-electron chi connectivity index (χ0n) is 5.62. The van der Waals surface area contributed by atoms with Gasteiger partial charge in [-0.1, -0.05) is 28.6 Å². The third kappa shape index (κ3) is 2.21. The van der Waals surface area contributed by atoms with Crippen LogP contribution in [0.15, 0.2) is 12.3 Å². The Labute approximate surface area is 77.4 Å². The van der Waals surface area contributed by atoms with Crippen LogP contribution >= 0.6 is 23.2 Å². The van der Waals surface area contributed by atoms with Crippen molar-refractivity contribution in [2.45, 2.75) is 0 Å². The van der Waals surface area contributed by atoms with E-state index in [1.165, 1.54) is 12.3 Å². The van der Waals surface area contributed by atoms with E-state index in [-0.39, 0.29) is 15.9 Å².